The van der Waals surface area contributed by atoms with Crippen LogP contribution in [0.1, 0.15) is 33.1 Å². The molecular formula is C20H24N6OS. The van der Waals surface area contributed by atoms with Crippen LogP contribution in [0.25, 0.3) is 0 Å². The Morgan fingerprint density at radius 1 is 1.29 bits per heavy atom. The fourth-order valence-electron chi connectivity index (χ4n) is 2.89. The van der Waals surface area contributed by atoms with Gasteiger partial charge in [0, 0.05) is 19.3 Å². The predicted octanol–water partition coefficient (Wildman–Crippen LogP) is 3.04. The summed E-state index contributed by atoms with van der Waals surface area (Å²) in [4.78, 5) is 12.4. The van der Waals surface area contributed by atoms with Crippen LogP contribution in [0.5, 0.6) is 0 Å². The second kappa shape index (κ2) is 8.88. The zero-order chi connectivity index (χ0) is 20.1. The first kappa shape index (κ1) is 19.9. The maximum atomic E-state index is 12.4. The van der Waals surface area contributed by atoms with Crippen molar-refractivity contribution in [2.45, 2.75) is 37.8 Å². The van der Waals surface area contributed by atoms with Crippen LogP contribution in [0.3, 0.4) is 0 Å². The highest BCUT2D eigenvalue weighted by molar-refractivity contribution is 7.98. The molecule has 1 amide bonds. The Morgan fingerprint density at radius 3 is 2.79 bits per heavy atom. The molecule has 0 atom stereocenters. The monoisotopic (exact) mass is 396 g/mol. The van der Waals surface area contributed by atoms with Crippen LogP contribution >= 0.6 is 11.8 Å². The molecule has 0 bridgehead atoms. The van der Waals surface area contributed by atoms with Gasteiger partial charge in [0.25, 0.3) is 5.91 Å². The fourth-order valence-corrected chi connectivity index (χ4v) is 3.80. The fraction of sp³-hybridized carbons (Fsp3) is 0.300. The highest BCUT2D eigenvalue weighted by Crippen LogP contribution is 2.22. The number of carbonyl (C=O) groups excluding carboxylic acids is 1. The van der Waals surface area contributed by atoms with Crippen LogP contribution in [0.2, 0.25) is 0 Å². The van der Waals surface area contributed by atoms with Gasteiger partial charge in [-0.1, -0.05) is 47.7 Å². The van der Waals surface area contributed by atoms with Gasteiger partial charge in [0.05, 0.1) is 12.2 Å². The summed E-state index contributed by atoms with van der Waals surface area (Å²) >= 11 is 1.62. The van der Waals surface area contributed by atoms with Crippen LogP contribution in [-0.4, -0.2) is 30.5 Å². The standard InChI is InChI=1S/C20H24N6OS/c1-5-9-26-18(12-21-19(27)17-11-15(3)24-25(17)4)22-23-20(26)28-13-16-8-6-7-14(2)10-16/h5-8,10-11H,1,9,12-13H2,2-4H3,(H,21,27). The lowest BCUT2D eigenvalue weighted by atomic mass is 10.2. The molecule has 0 aliphatic carbocycles. The van der Waals surface area contributed by atoms with Gasteiger partial charge in [-0.3, -0.25) is 9.48 Å². The largest absolute Gasteiger partial charge is 0.343 e. The number of allylic oxidation sites excluding steroid dienone is 1. The van der Waals surface area contributed by atoms with Gasteiger partial charge < -0.3 is 9.88 Å². The van der Waals surface area contributed by atoms with Crippen molar-refractivity contribution in [3.8, 4) is 0 Å². The molecule has 1 aromatic carbocycles. The molecule has 0 saturated carbocycles. The van der Waals surface area contributed by atoms with Gasteiger partial charge in [-0.15, -0.1) is 16.8 Å². The number of rotatable bonds is 8. The van der Waals surface area contributed by atoms with Crippen LogP contribution in [0.15, 0.2) is 48.1 Å². The summed E-state index contributed by atoms with van der Waals surface area (Å²) in [6, 6.07) is 10.2. The summed E-state index contributed by atoms with van der Waals surface area (Å²) in [5.74, 6) is 1.31. The minimum absolute atomic E-state index is 0.190. The third-order valence-electron chi connectivity index (χ3n) is 4.20. The van der Waals surface area contributed by atoms with Gasteiger partial charge >= 0.3 is 0 Å². The molecule has 0 unspecified atom stereocenters. The number of aryl methyl sites for hydroxylation is 3. The Kier molecular flexibility index (Phi) is 6.30. The predicted molar refractivity (Wildman–Crippen MR) is 110 cm³/mol. The number of amides is 1. The van der Waals surface area contributed by atoms with Crippen molar-refractivity contribution in [3.05, 3.63) is 71.3 Å². The number of aromatic nitrogens is 5. The van der Waals surface area contributed by atoms with Crippen molar-refractivity contribution in [2.24, 2.45) is 7.05 Å². The van der Waals surface area contributed by atoms with E-state index in [1.807, 2.05) is 11.5 Å². The normalized spacial score (nSPS) is 10.8. The van der Waals surface area contributed by atoms with E-state index >= 15 is 0 Å². The van der Waals surface area contributed by atoms with Gasteiger partial charge in [-0.2, -0.15) is 5.10 Å². The Balaban J connectivity index is 1.68. The van der Waals surface area contributed by atoms with Gasteiger partial charge in [-0.25, -0.2) is 0 Å². The third-order valence-corrected chi connectivity index (χ3v) is 5.24. The molecule has 0 aliphatic heterocycles. The summed E-state index contributed by atoms with van der Waals surface area (Å²) in [7, 11) is 1.75. The smallest absolute Gasteiger partial charge is 0.269 e. The number of carbonyl (C=O) groups is 1. The van der Waals surface area contributed by atoms with E-state index < -0.39 is 0 Å². The molecule has 2 aromatic heterocycles. The molecule has 1 N–H and O–H groups in total. The molecule has 3 aromatic rings. The Hall–Kier alpha value is -2.87. The lowest BCUT2D eigenvalue weighted by Gasteiger charge is -2.09. The van der Waals surface area contributed by atoms with E-state index in [-0.39, 0.29) is 12.5 Å². The molecule has 2 heterocycles. The molecule has 0 spiro atoms. The highest BCUT2D eigenvalue weighted by atomic mass is 32.2. The Morgan fingerprint density at radius 2 is 2.11 bits per heavy atom. The highest BCUT2D eigenvalue weighted by Gasteiger charge is 2.15. The molecule has 146 valence electrons. The van der Waals surface area contributed by atoms with Crippen molar-refractivity contribution in [1.29, 1.82) is 0 Å². The third kappa shape index (κ3) is 4.69. The van der Waals surface area contributed by atoms with Crippen LogP contribution in [0.4, 0.5) is 0 Å². The first-order valence-corrected chi connectivity index (χ1v) is 9.96. The van der Waals surface area contributed by atoms with Crippen LogP contribution in [-0.2, 0) is 25.9 Å². The SMILES string of the molecule is C=CCn1c(CNC(=O)c2cc(C)nn2C)nnc1SCc1cccc(C)c1. The number of nitrogens with one attached hydrogen (secondary N) is 1. The molecular weight excluding hydrogens is 372 g/mol. The minimum atomic E-state index is -0.190. The second-order valence-electron chi connectivity index (χ2n) is 6.55. The zero-order valence-corrected chi connectivity index (χ0v) is 17.2. The molecule has 0 aliphatic rings. The lowest BCUT2D eigenvalue weighted by Crippen LogP contribution is -2.26. The van der Waals surface area contributed by atoms with Crippen molar-refractivity contribution >= 4 is 17.7 Å². The average molecular weight is 397 g/mol. The van der Waals surface area contributed by atoms with Gasteiger partial charge in [-0.05, 0) is 25.5 Å². The molecule has 0 radical (unpaired) electrons. The Labute approximate surface area is 168 Å². The summed E-state index contributed by atoms with van der Waals surface area (Å²) < 4.78 is 3.55. The summed E-state index contributed by atoms with van der Waals surface area (Å²) in [5.41, 5.74) is 3.79. The molecule has 0 saturated heterocycles. The zero-order valence-electron chi connectivity index (χ0n) is 16.3. The van der Waals surface area contributed by atoms with E-state index in [2.05, 4.69) is 58.4 Å². The number of hydrogen-bond acceptors (Lipinski definition) is 5. The molecule has 3 rings (SSSR count). The van der Waals surface area contributed by atoms with Crippen molar-refractivity contribution < 1.29 is 4.79 Å². The quantitative estimate of drug-likeness (QED) is 0.468. The van der Waals surface area contributed by atoms with Gasteiger partial charge in [0.1, 0.15) is 5.69 Å². The van der Waals surface area contributed by atoms with E-state index in [4.69, 9.17) is 0 Å². The lowest BCUT2D eigenvalue weighted by molar-refractivity contribution is 0.0940. The summed E-state index contributed by atoms with van der Waals surface area (Å²) in [6.45, 7) is 8.63. The van der Waals surface area contributed by atoms with E-state index in [1.54, 1.807) is 35.6 Å². The van der Waals surface area contributed by atoms with Gasteiger partial charge in [0.2, 0.25) is 0 Å². The number of benzene rings is 1. The molecule has 7 nitrogen and oxygen atoms in total. The maximum absolute atomic E-state index is 12.4. The topological polar surface area (TPSA) is 77.6 Å². The average Bonchev–Trinajstić information content (AvgIpc) is 3.20. The molecule has 28 heavy (non-hydrogen) atoms. The summed E-state index contributed by atoms with van der Waals surface area (Å²) in [6.07, 6.45) is 1.80. The Bertz CT molecular complexity index is 990. The van der Waals surface area contributed by atoms with Crippen molar-refractivity contribution in [2.75, 3.05) is 0 Å². The number of nitrogens with zero attached hydrogens (tertiary/aromatic N) is 5. The molecule has 8 heteroatoms. The van der Waals surface area contributed by atoms with Crippen LogP contribution in [0, 0.1) is 13.8 Å². The maximum Gasteiger partial charge on any atom is 0.269 e. The first-order valence-electron chi connectivity index (χ1n) is 8.98. The summed E-state index contributed by atoms with van der Waals surface area (Å²) in [5, 5.41) is 16.5. The van der Waals surface area contributed by atoms with E-state index in [1.165, 1.54) is 11.1 Å². The van der Waals surface area contributed by atoms with E-state index in [9.17, 15) is 4.79 Å². The first-order chi connectivity index (χ1) is 13.5. The van der Waals surface area contributed by atoms with Crippen molar-refractivity contribution in [1.82, 2.24) is 29.9 Å². The number of hydrogen-bond donors (Lipinski definition) is 1. The second-order valence-corrected chi connectivity index (χ2v) is 7.50. The minimum Gasteiger partial charge on any atom is -0.343 e. The van der Waals surface area contributed by atoms with E-state index in [0.29, 0.717) is 18.1 Å². The van der Waals surface area contributed by atoms with Crippen molar-refractivity contribution in [3.63, 3.8) is 0 Å². The number of thioether (sulfide) groups is 1. The van der Waals surface area contributed by atoms with E-state index in [0.717, 1.165) is 16.6 Å². The molecule has 0 fully saturated rings. The van der Waals surface area contributed by atoms with Crippen LogP contribution < -0.4 is 5.32 Å². The van der Waals surface area contributed by atoms with Gasteiger partial charge in [0.15, 0.2) is 11.0 Å².